The first-order valence-electron chi connectivity index (χ1n) is 12.2. The lowest BCUT2D eigenvalue weighted by Crippen LogP contribution is -2.59. The summed E-state index contributed by atoms with van der Waals surface area (Å²) in [6, 6.07) is 11.8. The Hall–Kier alpha value is -3.96. The standard InChI is InChI=1S/C28H29ClO11/c1-14(30)35-22-9-6-19(7-10-22)12-21-13-20(8-11-23(21)29)24-25(36-15(2)31)26(37-16(3)32)27(38-17(4)33)28(40-24)39-18(5)34/h6-11,13,24-28H,12H2,1-5H3/t24-,25-,26?,27?,28?/m0/s1. The highest BCUT2D eigenvalue weighted by Gasteiger charge is 2.53. The first-order chi connectivity index (χ1) is 18.8. The van der Waals surface area contributed by atoms with E-state index in [-0.39, 0.29) is 0 Å². The lowest BCUT2D eigenvalue weighted by Gasteiger charge is -2.44. The topological polar surface area (TPSA) is 141 Å². The summed E-state index contributed by atoms with van der Waals surface area (Å²) < 4.78 is 32.7. The van der Waals surface area contributed by atoms with Crippen LogP contribution >= 0.6 is 11.6 Å². The molecule has 0 bridgehead atoms. The van der Waals surface area contributed by atoms with Crippen LogP contribution in [0.25, 0.3) is 0 Å². The van der Waals surface area contributed by atoms with E-state index in [2.05, 4.69) is 0 Å². The fourth-order valence-electron chi connectivity index (χ4n) is 4.27. The van der Waals surface area contributed by atoms with Gasteiger partial charge in [0, 0.05) is 39.6 Å². The van der Waals surface area contributed by atoms with Gasteiger partial charge in [-0.3, -0.25) is 24.0 Å². The number of benzene rings is 2. The molecule has 12 heteroatoms. The number of carbonyl (C=O) groups is 5. The second-order valence-corrected chi connectivity index (χ2v) is 9.43. The van der Waals surface area contributed by atoms with Crippen molar-refractivity contribution in [1.29, 1.82) is 0 Å². The normalized spacial score (nSPS) is 22.0. The van der Waals surface area contributed by atoms with E-state index in [4.69, 9.17) is 40.0 Å². The van der Waals surface area contributed by atoms with Crippen LogP contribution in [-0.4, -0.2) is 54.4 Å². The van der Waals surface area contributed by atoms with Gasteiger partial charge in [0.1, 0.15) is 11.9 Å². The van der Waals surface area contributed by atoms with Gasteiger partial charge in [-0.05, 0) is 41.3 Å². The molecule has 0 spiro atoms. The van der Waals surface area contributed by atoms with Gasteiger partial charge in [0.05, 0.1) is 0 Å². The summed E-state index contributed by atoms with van der Waals surface area (Å²) in [7, 11) is 0. The highest BCUT2D eigenvalue weighted by atomic mass is 35.5. The van der Waals surface area contributed by atoms with Crippen LogP contribution in [0.3, 0.4) is 0 Å². The van der Waals surface area contributed by atoms with Crippen LogP contribution in [0.15, 0.2) is 42.5 Å². The van der Waals surface area contributed by atoms with Gasteiger partial charge in [-0.1, -0.05) is 35.9 Å². The quantitative estimate of drug-likeness (QED) is 0.258. The predicted octanol–water partition coefficient (Wildman–Crippen LogP) is 3.61. The van der Waals surface area contributed by atoms with Crippen molar-refractivity contribution in [2.75, 3.05) is 0 Å². The third-order valence-electron chi connectivity index (χ3n) is 5.66. The molecule has 0 aromatic heterocycles. The number of rotatable bonds is 8. The van der Waals surface area contributed by atoms with E-state index in [0.29, 0.717) is 28.3 Å². The minimum atomic E-state index is -1.49. The Morgan fingerprint density at radius 3 is 1.80 bits per heavy atom. The van der Waals surface area contributed by atoms with Crippen molar-refractivity contribution in [2.45, 2.75) is 71.7 Å². The van der Waals surface area contributed by atoms with Crippen molar-refractivity contribution < 1.29 is 52.4 Å². The third-order valence-corrected chi connectivity index (χ3v) is 6.03. The maximum absolute atomic E-state index is 12.1. The predicted molar refractivity (Wildman–Crippen MR) is 138 cm³/mol. The minimum Gasteiger partial charge on any atom is -0.455 e. The van der Waals surface area contributed by atoms with Crippen LogP contribution in [0.5, 0.6) is 5.75 Å². The summed E-state index contributed by atoms with van der Waals surface area (Å²) in [5, 5.41) is 0.429. The van der Waals surface area contributed by atoms with Crippen LogP contribution < -0.4 is 4.74 Å². The van der Waals surface area contributed by atoms with Crippen LogP contribution in [-0.2, 0) is 54.1 Å². The molecule has 0 amide bonds. The van der Waals surface area contributed by atoms with Gasteiger partial charge in [0.15, 0.2) is 12.2 Å². The van der Waals surface area contributed by atoms with Gasteiger partial charge < -0.3 is 28.4 Å². The molecule has 0 aliphatic carbocycles. The summed E-state index contributed by atoms with van der Waals surface area (Å²) >= 11 is 6.49. The molecule has 1 heterocycles. The Kier molecular flexibility index (Phi) is 10.2. The molecule has 2 aromatic carbocycles. The Labute approximate surface area is 235 Å². The fourth-order valence-corrected chi connectivity index (χ4v) is 4.45. The molecule has 1 saturated heterocycles. The summed E-state index contributed by atoms with van der Waals surface area (Å²) in [6.07, 6.45) is -6.32. The molecule has 40 heavy (non-hydrogen) atoms. The molecule has 11 nitrogen and oxygen atoms in total. The molecule has 0 saturated carbocycles. The molecule has 3 rings (SSSR count). The van der Waals surface area contributed by atoms with Crippen molar-refractivity contribution in [3.8, 4) is 5.75 Å². The minimum absolute atomic E-state index is 0.370. The third kappa shape index (κ3) is 8.27. The zero-order valence-corrected chi connectivity index (χ0v) is 23.3. The van der Waals surface area contributed by atoms with Gasteiger partial charge in [0.2, 0.25) is 12.4 Å². The van der Waals surface area contributed by atoms with Gasteiger partial charge >= 0.3 is 29.8 Å². The Morgan fingerprint density at radius 2 is 1.25 bits per heavy atom. The zero-order chi connectivity index (χ0) is 29.6. The van der Waals surface area contributed by atoms with Crippen LogP contribution in [0, 0.1) is 0 Å². The van der Waals surface area contributed by atoms with Gasteiger partial charge in [0.25, 0.3) is 0 Å². The Balaban J connectivity index is 2.03. The van der Waals surface area contributed by atoms with E-state index in [1.54, 1.807) is 42.5 Å². The van der Waals surface area contributed by atoms with E-state index in [1.165, 1.54) is 6.92 Å². The first-order valence-corrected chi connectivity index (χ1v) is 12.6. The van der Waals surface area contributed by atoms with E-state index >= 15 is 0 Å². The molecular weight excluding hydrogens is 548 g/mol. The summed E-state index contributed by atoms with van der Waals surface area (Å²) in [6.45, 7) is 5.85. The van der Waals surface area contributed by atoms with E-state index in [9.17, 15) is 24.0 Å². The van der Waals surface area contributed by atoms with Crippen molar-refractivity contribution in [3.63, 3.8) is 0 Å². The lowest BCUT2D eigenvalue weighted by molar-refractivity contribution is -0.298. The molecule has 1 aliphatic heterocycles. The molecule has 3 unspecified atom stereocenters. The number of ether oxygens (including phenoxy) is 6. The molecule has 1 aliphatic rings. The van der Waals surface area contributed by atoms with E-state index in [1.807, 2.05) is 0 Å². The largest absolute Gasteiger partial charge is 0.455 e. The summed E-state index contributed by atoms with van der Waals surface area (Å²) in [5.74, 6) is -3.03. The zero-order valence-electron chi connectivity index (χ0n) is 22.5. The second kappa shape index (κ2) is 13.4. The molecule has 1 fully saturated rings. The van der Waals surface area contributed by atoms with E-state index in [0.717, 1.165) is 33.3 Å². The van der Waals surface area contributed by atoms with Crippen LogP contribution in [0.2, 0.25) is 5.02 Å². The highest BCUT2D eigenvalue weighted by molar-refractivity contribution is 6.31. The Bertz CT molecular complexity index is 1270. The van der Waals surface area contributed by atoms with Crippen molar-refractivity contribution >= 4 is 41.4 Å². The average Bonchev–Trinajstić information content (AvgIpc) is 2.84. The maximum Gasteiger partial charge on any atom is 0.308 e. The summed E-state index contributed by atoms with van der Waals surface area (Å²) in [5.41, 5.74) is 1.97. The van der Waals surface area contributed by atoms with Gasteiger partial charge in [-0.25, -0.2) is 0 Å². The molecule has 5 atom stereocenters. The Morgan fingerprint density at radius 1 is 0.700 bits per heavy atom. The smallest absolute Gasteiger partial charge is 0.308 e. The number of esters is 5. The summed E-state index contributed by atoms with van der Waals surface area (Å²) in [4.78, 5) is 59.1. The van der Waals surface area contributed by atoms with Crippen molar-refractivity contribution in [1.82, 2.24) is 0 Å². The van der Waals surface area contributed by atoms with Crippen molar-refractivity contribution in [2.24, 2.45) is 0 Å². The molecule has 2 aromatic rings. The SMILES string of the molecule is CC(=O)Oc1ccc(Cc2cc([C@@H]3OC(OC(C)=O)C(OC(C)=O)C(OC(C)=O)[C@H]3OC(C)=O)ccc2Cl)cc1. The number of halogens is 1. The van der Waals surface area contributed by atoms with Crippen LogP contribution in [0.1, 0.15) is 57.4 Å². The van der Waals surface area contributed by atoms with Crippen LogP contribution in [0.4, 0.5) is 0 Å². The maximum atomic E-state index is 12.1. The van der Waals surface area contributed by atoms with Gasteiger partial charge in [-0.2, -0.15) is 0 Å². The monoisotopic (exact) mass is 576 g/mol. The molecule has 214 valence electrons. The molecule has 0 N–H and O–H groups in total. The number of hydrogen-bond donors (Lipinski definition) is 0. The number of carbonyl (C=O) groups excluding carboxylic acids is 5. The van der Waals surface area contributed by atoms with Gasteiger partial charge in [-0.15, -0.1) is 0 Å². The lowest BCUT2D eigenvalue weighted by atomic mass is 9.91. The molecule has 0 radical (unpaired) electrons. The first kappa shape index (κ1) is 30.6. The average molecular weight is 577 g/mol. The number of hydrogen-bond acceptors (Lipinski definition) is 11. The van der Waals surface area contributed by atoms with E-state index < -0.39 is 60.6 Å². The second-order valence-electron chi connectivity index (χ2n) is 9.02. The highest BCUT2D eigenvalue weighted by Crippen LogP contribution is 2.39. The van der Waals surface area contributed by atoms with Crippen molar-refractivity contribution in [3.05, 3.63) is 64.2 Å². The fraction of sp³-hybridized carbons (Fsp3) is 0.393. The molecular formula is C28H29ClO11.